The molecule has 3 N–H and O–H groups in total. The van der Waals surface area contributed by atoms with Crippen molar-refractivity contribution in [2.24, 2.45) is 0 Å². The molecule has 0 unspecified atom stereocenters. The topological polar surface area (TPSA) is 68.0 Å². The first-order valence-corrected chi connectivity index (χ1v) is 6.62. The van der Waals surface area contributed by atoms with Crippen molar-refractivity contribution in [2.75, 3.05) is 11.1 Å². The number of aromatic nitrogens is 1. The number of carbonyl (C=O) groups is 1. The zero-order valence-electron chi connectivity index (χ0n) is 12.4. The fourth-order valence-electron chi connectivity index (χ4n) is 2.10. The second kappa shape index (κ2) is 7.09. The van der Waals surface area contributed by atoms with E-state index in [1.165, 1.54) is 0 Å². The van der Waals surface area contributed by atoms with E-state index in [4.69, 9.17) is 5.73 Å². The predicted octanol–water partition coefficient (Wildman–Crippen LogP) is 3.77. The summed E-state index contributed by atoms with van der Waals surface area (Å²) in [5.41, 5.74) is 8.94. The van der Waals surface area contributed by atoms with E-state index in [2.05, 4.69) is 24.1 Å². The van der Waals surface area contributed by atoms with Gasteiger partial charge in [0.05, 0.1) is 0 Å². The number of hydrogen-bond acceptors (Lipinski definition) is 3. The highest BCUT2D eigenvalue weighted by atomic mass is 35.5. The van der Waals surface area contributed by atoms with Gasteiger partial charge in [-0.1, -0.05) is 38.1 Å². The van der Waals surface area contributed by atoms with Crippen molar-refractivity contribution in [3.05, 3.63) is 53.2 Å². The SMILES string of the molecule is Cc1cccc(C(C)C)c1NC(=O)c1cccc(N)n1.Cl. The Labute approximate surface area is 131 Å². The summed E-state index contributed by atoms with van der Waals surface area (Å²) < 4.78 is 0. The number of benzene rings is 1. The minimum Gasteiger partial charge on any atom is -0.384 e. The van der Waals surface area contributed by atoms with E-state index in [1.54, 1.807) is 18.2 Å². The van der Waals surface area contributed by atoms with Gasteiger partial charge in [0.15, 0.2) is 0 Å². The fraction of sp³-hybridized carbons (Fsp3) is 0.250. The standard InChI is InChI=1S/C16H19N3O.ClH/c1-10(2)12-7-4-6-11(3)15(12)19-16(20)13-8-5-9-14(17)18-13;/h4-10H,1-3H3,(H2,17,18)(H,19,20);1H. The Morgan fingerprint density at radius 3 is 2.48 bits per heavy atom. The number of nitrogens with zero attached hydrogens (tertiary/aromatic N) is 1. The lowest BCUT2D eigenvalue weighted by molar-refractivity contribution is 0.102. The Morgan fingerprint density at radius 1 is 1.19 bits per heavy atom. The summed E-state index contributed by atoms with van der Waals surface area (Å²) in [5, 5.41) is 2.95. The van der Waals surface area contributed by atoms with Crippen LogP contribution in [0, 0.1) is 6.92 Å². The smallest absolute Gasteiger partial charge is 0.274 e. The molecule has 1 aromatic carbocycles. The largest absolute Gasteiger partial charge is 0.384 e. The maximum atomic E-state index is 12.3. The van der Waals surface area contributed by atoms with Crippen molar-refractivity contribution >= 4 is 29.8 Å². The molecule has 0 bridgehead atoms. The maximum Gasteiger partial charge on any atom is 0.274 e. The Hall–Kier alpha value is -2.07. The van der Waals surface area contributed by atoms with Crippen LogP contribution in [0.5, 0.6) is 0 Å². The predicted molar refractivity (Wildman–Crippen MR) is 89.1 cm³/mol. The number of para-hydroxylation sites is 1. The van der Waals surface area contributed by atoms with Crippen LogP contribution in [0.3, 0.4) is 0 Å². The lowest BCUT2D eigenvalue weighted by Crippen LogP contribution is -2.16. The zero-order valence-corrected chi connectivity index (χ0v) is 13.2. The molecule has 5 heteroatoms. The molecule has 0 aliphatic heterocycles. The molecule has 0 fully saturated rings. The molecule has 1 amide bonds. The van der Waals surface area contributed by atoms with Crippen LogP contribution in [0.15, 0.2) is 36.4 Å². The number of hydrogen-bond donors (Lipinski definition) is 2. The Balaban J connectivity index is 0.00000220. The lowest BCUT2D eigenvalue weighted by atomic mass is 9.98. The van der Waals surface area contributed by atoms with Gasteiger partial charge >= 0.3 is 0 Å². The van der Waals surface area contributed by atoms with Crippen LogP contribution in [-0.4, -0.2) is 10.9 Å². The Bertz CT molecular complexity index is 641. The molecule has 0 saturated heterocycles. The number of pyridine rings is 1. The van der Waals surface area contributed by atoms with E-state index < -0.39 is 0 Å². The van der Waals surface area contributed by atoms with Gasteiger partial charge in [0.25, 0.3) is 5.91 Å². The number of amides is 1. The van der Waals surface area contributed by atoms with Crippen molar-refractivity contribution in [3.63, 3.8) is 0 Å². The zero-order chi connectivity index (χ0) is 14.7. The summed E-state index contributed by atoms with van der Waals surface area (Å²) in [7, 11) is 0. The average Bonchev–Trinajstić information content (AvgIpc) is 2.40. The summed E-state index contributed by atoms with van der Waals surface area (Å²) in [6, 6.07) is 11.0. The first-order chi connectivity index (χ1) is 9.49. The molecule has 0 atom stereocenters. The molecule has 1 heterocycles. The molecular weight excluding hydrogens is 286 g/mol. The third-order valence-corrected chi connectivity index (χ3v) is 3.17. The molecular formula is C16H20ClN3O. The van der Waals surface area contributed by atoms with E-state index in [1.807, 2.05) is 25.1 Å². The summed E-state index contributed by atoms with van der Waals surface area (Å²) in [6.45, 7) is 6.18. The first kappa shape index (κ1) is 17.0. The summed E-state index contributed by atoms with van der Waals surface area (Å²) in [6.07, 6.45) is 0. The number of nitrogen functional groups attached to an aromatic ring is 1. The molecule has 0 aliphatic carbocycles. The number of rotatable bonds is 3. The molecule has 2 aromatic rings. The molecule has 4 nitrogen and oxygen atoms in total. The molecule has 0 spiro atoms. The van der Waals surface area contributed by atoms with Gasteiger partial charge in [-0.3, -0.25) is 4.79 Å². The Morgan fingerprint density at radius 2 is 1.86 bits per heavy atom. The average molecular weight is 306 g/mol. The second-order valence-electron chi connectivity index (χ2n) is 5.10. The van der Waals surface area contributed by atoms with Crippen LogP contribution in [0.2, 0.25) is 0 Å². The van der Waals surface area contributed by atoms with Gasteiger partial charge in [0.1, 0.15) is 11.5 Å². The number of halogens is 1. The molecule has 0 saturated carbocycles. The lowest BCUT2D eigenvalue weighted by Gasteiger charge is -2.16. The minimum absolute atomic E-state index is 0. The number of anilines is 2. The van der Waals surface area contributed by atoms with Gasteiger partial charge < -0.3 is 11.1 Å². The highest BCUT2D eigenvalue weighted by Gasteiger charge is 2.14. The van der Waals surface area contributed by atoms with Crippen molar-refractivity contribution in [1.82, 2.24) is 4.98 Å². The fourth-order valence-corrected chi connectivity index (χ4v) is 2.10. The highest BCUT2D eigenvalue weighted by Crippen LogP contribution is 2.27. The molecule has 0 radical (unpaired) electrons. The van der Waals surface area contributed by atoms with E-state index in [0.717, 1.165) is 16.8 Å². The van der Waals surface area contributed by atoms with Crippen molar-refractivity contribution in [3.8, 4) is 0 Å². The maximum absolute atomic E-state index is 12.3. The van der Waals surface area contributed by atoms with E-state index in [-0.39, 0.29) is 18.3 Å². The van der Waals surface area contributed by atoms with Crippen LogP contribution in [0.1, 0.15) is 41.4 Å². The van der Waals surface area contributed by atoms with Crippen molar-refractivity contribution in [2.45, 2.75) is 26.7 Å². The van der Waals surface area contributed by atoms with Crippen LogP contribution in [0.25, 0.3) is 0 Å². The summed E-state index contributed by atoms with van der Waals surface area (Å²) >= 11 is 0. The van der Waals surface area contributed by atoms with Gasteiger partial charge in [-0.15, -0.1) is 12.4 Å². The van der Waals surface area contributed by atoms with Crippen LogP contribution >= 0.6 is 12.4 Å². The first-order valence-electron chi connectivity index (χ1n) is 6.62. The van der Waals surface area contributed by atoms with E-state index in [0.29, 0.717) is 17.4 Å². The minimum atomic E-state index is -0.242. The molecule has 21 heavy (non-hydrogen) atoms. The second-order valence-corrected chi connectivity index (χ2v) is 5.10. The van der Waals surface area contributed by atoms with Crippen LogP contribution in [0.4, 0.5) is 11.5 Å². The quantitative estimate of drug-likeness (QED) is 0.907. The number of nitrogens with two attached hydrogens (primary N) is 1. The van der Waals surface area contributed by atoms with E-state index >= 15 is 0 Å². The van der Waals surface area contributed by atoms with Crippen molar-refractivity contribution in [1.29, 1.82) is 0 Å². The summed E-state index contributed by atoms with van der Waals surface area (Å²) in [4.78, 5) is 16.3. The monoisotopic (exact) mass is 305 g/mol. The van der Waals surface area contributed by atoms with E-state index in [9.17, 15) is 4.79 Å². The highest BCUT2D eigenvalue weighted by molar-refractivity contribution is 6.04. The van der Waals surface area contributed by atoms with Gasteiger partial charge in [-0.05, 0) is 36.1 Å². The molecule has 2 rings (SSSR count). The normalized spacial score (nSPS) is 10.1. The van der Waals surface area contributed by atoms with Crippen LogP contribution in [-0.2, 0) is 0 Å². The van der Waals surface area contributed by atoms with Crippen LogP contribution < -0.4 is 11.1 Å². The van der Waals surface area contributed by atoms with Gasteiger partial charge in [0.2, 0.25) is 0 Å². The third-order valence-electron chi connectivity index (χ3n) is 3.17. The number of aryl methyl sites for hydroxylation is 1. The third kappa shape index (κ3) is 3.95. The summed E-state index contributed by atoms with van der Waals surface area (Å²) in [5.74, 6) is 0.430. The molecule has 0 aliphatic rings. The van der Waals surface area contributed by atoms with Gasteiger partial charge in [-0.2, -0.15) is 0 Å². The molecule has 1 aromatic heterocycles. The number of nitrogens with one attached hydrogen (secondary N) is 1. The Kier molecular flexibility index (Phi) is 5.73. The molecule has 112 valence electrons. The van der Waals surface area contributed by atoms with Gasteiger partial charge in [0, 0.05) is 5.69 Å². The number of carbonyl (C=O) groups excluding carboxylic acids is 1. The van der Waals surface area contributed by atoms with Crippen molar-refractivity contribution < 1.29 is 4.79 Å². The van der Waals surface area contributed by atoms with Gasteiger partial charge in [-0.25, -0.2) is 4.98 Å².